The first-order chi connectivity index (χ1) is 8.42. The van der Waals surface area contributed by atoms with Crippen molar-refractivity contribution in [3.63, 3.8) is 0 Å². The molecule has 0 spiro atoms. The molecule has 0 fully saturated rings. The van der Waals surface area contributed by atoms with Crippen molar-refractivity contribution in [3.05, 3.63) is 35.4 Å². The maximum atomic E-state index is 11.9. The molecule has 1 unspecified atom stereocenters. The predicted octanol–water partition coefficient (Wildman–Crippen LogP) is 1.02. The van der Waals surface area contributed by atoms with Gasteiger partial charge < -0.3 is 5.11 Å². The van der Waals surface area contributed by atoms with Gasteiger partial charge in [0.1, 0.15) is 0 Å². The Hall–Kier alpha value is -1.40. The summed E-state index contributed by atoms with van der Waals surface area (Å²) < 4.78 is 25.0. The predicted molar refractivity (Wildman–Crippen MR) is 66.7 cm³/mol. The normalized spacial score (nSPS) is 18.9. The molecule has 0 aliphatic heterocycles. The van der Waals surface area contributed by atoms with Crippen LogP contribution < -0.4 is 0 Å². The highest BCUT2D eigenvalue weighted by Gasteiger charge is 2.33. The summed E-state index contributed by atoms with van der Waals surface area (Å²) in [5.41, 5.74) is 2.12. The lowest BCUT2D eigenvalue weighted by molar-refractivity contribution is -0.134. The maximum absolute atomic E-state index is 11.9. The molecule has 0 bridgehead atoms. The number of benzene rings is 1. The first kappa shape index (κ1) is 13.0. The van der Waals surface area contributed by atoms with Gasteiger partial charge in [0.15, 0.2) is 5.75 Å². The van der Waals surface area contributed by atoms with Crippen LogP contribution in [-0.2, 0) is 21.2 Å². The minimum atomic E-state index is -3.75. The molecule has 1 N–H and O–H groups in total. The lowest BCUT2D eigenvalue weighted by atomic mass is 10.1. The Balaban J connectivity index is 2.27. The van der Waals surface area contributed by atoms with Gasteiger partial charge in [-0.3, -0.25) is 4.79 Å². The zero-order chi connectivity index (χ0) is 13.3. The van der Waals surface area contributed by atoms with Gasteiger partial charge in [-0.15, -0.1) is 0 Å². The molecule has 98 valence electrons. The largest absolute Gasteiger partial charge is 0.480 e. The van der Waals surface area contributed by atoms with Gasteiger partial charge in [0, 0.05) is 13.1 Å². The Morgan fingerprint density at radius 1 is 1.44 bits per heavy atom. The zero-order valence-electron chi connectivity index (χ0n) is 10.0. The molecule has 0 saturated heterocycles. The average Bonchev–Trinajstić information content (AvgIpc) is 2.69. The van der Waals surface area contributed by atoms with Crippen molar-refractivity contribution in [1.82, 2.24) is 4.31 Å². The van der Waals surface area contributed by atoms with Crippen LogP contribution in [0.5, 0.6) is 0 Å². The van der Waals surface area contributed by atoms with Crippen molar-refractivity contribution < 1.29 is 18.3 Å². The van der Waals surface area contributed by atoms with E-state index in [4.69, 9.17) is 5.11 Å². The van der Waals surface area contributed by atoms with E-state index in [9.17, 15) is 13.2 Å². The second-order valence-corrected chi connectivity index (χ2v) is 6.45. The van der Waals surface area contributed by atoms with E-state index in [1.807, 2.05) is 24.3 Å². The second-order valence-electron chi connectivity index (χ2n) is 4.42. The molecular weight excluding hydrogens is 254 g/mol. The molecule has 2 rings (SSSR count). The van der Waals surface area contributed by atoms with Crippen molar-refractivity contribution in [2.75, 3.05) is 12.8 Å². The number of nitrogens with zero attached hydrogens (tertiary/aromatic N) is 1. The van der Waals surface area contributed by atoms with Crippen molar-refractivity contribution in [1.29, 1.82) is 0 Å². The Bertz CT molecular complexity index is 567. The van der Waals surface area contributed by atoms with Crippen molar-refractivity contribution in [3.8, 4) is 0 Å². The molecule has 1 aliphatic rings. The van der Waals surface area contributed by atoms with Crippen LogP contribution >= 0.6 is 0 Å². The highest BCUT2D eigenvalue weighted by Crippen LogP contribution is 2.36. The number of fused-ring (bicyclic) bond motifs is 1. The van der Waals surface area contributed by atoms with E-state index in [2.05, 4.69) is 0 Å². The van der Waals surface area contributed by atoms with Gasteiger partial charge in [-0.2, -0.15) is 4.31 Å². The molecule has 0 radical (unpaired) electrons. The molecule has 0 heterocycles. The topological polar surface area (TPSA) is 74.7 Å². The highest BCUT2D eigenvalue weighted by molar-refractivity contribution is 7.89. The molecule has 6 heteroatoms. The third-order valence-electron chi connectivity index (χ3n) is 3.28. The van der Waals surface area contributed by atoms with Crippen LogP contribution in [0.4, 0.5) is 0 Å². The summed E-state index contributed by atoms with van der Waals surface area (Å²) in [6.45, 7) is 0. The van der Waals surface area contributed by atoms with Gasteiger partial charge in [0.05, 0.1) is 0 Å². The quantitative estimate of drug-likeness (QED) is 0.885. The number of carbonyl (C=O) groups is 1. The molecule has 1 aliphatic carbocycles. The summed E-state index contributed by atoms with van der Waals surface area (Å²) in [7, 11) is -2.30. The molecule has 1 aromatic carbocycles. The molecular formula is C12H15NO4S. The number of sulfonamides is 1. The van der Waals surface area contributed by atoms with Crippen molar-refractivity contribution >= 4 is 16.0 Å². The fourth-order valence-corrected chi connectivity index (χ4v) is 3.49. The fraction of sp³-hybridized carbons (Fsp3) is 0.417. The molecule has 0 amide bonds. The lowest BCUT2D eigenvalue weighted by Crippen LogP contribution is -2.34. The summed E-state index contributed by atoms with van der Waals surface area (Å²) in [4.78, 5) is 10.6. The Morgan fingerprint density at radius 2 is 2.11 bits per heavy atom. The average molecular weight is 269 g/mol. The van der Waals surface area contributed by atoms with E-state index in [1.165, 1.54) is 11.4 Å². The summed E-state index contributed by atoms with van der Waals surface area (Å²) in [6.07, 6.45) is 1.53. The molecule has 1 atom stereocenters. The summed E-state index contributed by atoms with van der Waals surface area (Å²) >= 11 is 0. The first-order valence-electron chi connectivity index (χ1n) is 5.67. The summed E-state index contributed by atoms with van der Waals surface area (Å²) in [5, 5.41) is 8.63. The van der Waals surface area contributed by atoms with Gasteiger partial charge in [-0.05, 0) is 24.0 Å². The molecule has 0 saturated carbocycles. The molecule has 18 heavy (non-hydrogen) atoms. The van der Waals surface area contributed by atoms with Crippen LogP contribution in [0.25, 0.3) is 0 Å². The second kappa shape index (κ2) is 4.70. The summed E-state index contributed by atoms with van der Waals surface area (Å²) in [6, 6.07) is 7.43. The SMILES string of the molecule is CN(C1CCc2ccccc21)S(=O)(=O)CC(=O)O. The van der Waals surface area contributed by atoms with E-state index >= 15 is 0 Å². The van der Waals surface area contributed by atoms with Gasteiger partial charge in [0.25, 0.3) is 0 Å². The maximum Gasteiger partial charge on any atom is 0.320 e. The Labute approximate surface area is 106 Å². The van der Waals surface area contributed by atoms with E-state index in [-0.39, 0.29) is 6.04 Å². The lowest BCUT2D eigenvalue weighted by Gasteiger charge is -2.23. The van der Waals surface area contributed by atoms with Crippen LogP contribution in [0.2, 0.25) is 0 Å². The number of hydrogen-bond acceptors (Lipinski definition) is 3. The Kier molecular flexibility index (Phi) is 3.41. The number of rotatable bonds is 4. The number of aliphatic carboxylic acids is 1. The number of aryl methyl sites for hydroxylation is 1. The Morgan fingerprint density at radius 3 is 2.78 bits per heavy atom. The monoisotopic (exact) mass is 269 g/mol. The summed E-state index contributed by atoms with van der Waals surface area (Å²) in [5.74, 6) is -2.18. The van der Waals surface area contributed by atoms with Crippen molar-refractivity contribution in [2.24, 2.45) is 0 Å². The van der Waals surface area contributed by atoms with Crippen LogP contribution in [0.3, 0.4) is 0 Å². The van der Waals surface area contributed by atoms with Crippen LogP contribution in [-0.4, -0.2) is 36.6 Å². The van der Waals surface area contributed by atoms with E-state index in [1.54, 1.807) is 0 Å². The van der Waals surface area contributed by atoms with Gasteiger partial charge in [-0.1, -0.05) is 24.3 Å². The van der Waals surface area contributed by atoms with Gasteiger partial charge in [-0.25, -0.2) is 8.42 Å². The third kappa shape index (κ3) is 2.39. The van der Waals surface area contributed by atoms with E-state index in [0.717, 1.165) is 17.5 Å². The number of carboxylic acid groups (broad SMARTS) is 1. The van der Waals surface area contributed by atoms with Gasteiger partial charge in [0.2, 0.25) is 10.0 Å². The van der Waals surface area contributed by atoms with E-state index < -0.39 is 21.7 Å². The van der Waals surface area contributed by atoms with Gasteiger partial charge >= 0.3 is 5.97 Å². The van der Waals surface area contributed by atoms with Crippen molar-refractivity contribution in [2.45, 2.75) is 18.9 Å². The zero-order valence-corrected chi connectivity index (χ0v) is 10.9. The van der Waals surface area contributed by atoms with Crippen LogP contribution in [0.15, 0.2) is 24.3 Å². The molecule has 0 aromatic heterocycles. The molecule has 5 nitrogen and oxygen atoms in total. The minimum Gasteiger partial charge on any atom is -0.480 e. The van der Waals surface area contributed by atoms with Crippen LogP contribution in [0.1, 0.15) is 23.6 Å². The standard InChI is InChI=1S/C12H15NO4S/c1-13(18(16,17)8-12(14)15)11-7-6-9-4-2-3-5-10(9)11/h2-5,11H,6-8H2,1H3,(H,14,15). The minimum absolute atomic E-state index is 0.245. The van der Waals surface area contributed by atoms with E-state index in [0.29, 0.717) is 6.42 Å². The molecule has 1 aromatic rings. The number of hydrogen-bond donors (Lipinski definition) is 1. The van der Waals surface area contributed by atoms with Crippen LogP contribution in [0, 0.1) is 0 Å². The smallest absolute Gasteiger partial charge is 0.320 e. The first-order valence-corrected chi connectivity index (χ1v) is 7.28. The fourth-order valence-electron chi connectivity index (χ4n) is 2.36. The highest BCUT2D eigenvalue weighted by atomic mass is 32.2. The third-order valence-corrected chi connectivity index (χ3v) is 5.03. The number of carboxylic acids is 1.